The average Bonchev–Trinajstić information content (AvgIpc) is 2.72. The van der Waals surface area contributed by atoms with Gasteiger partial charge in [0, 0.05) is 17.7 Å². The van der Waals surface area contributed by atoms with Crippen LogP contribution in [-0.2, 0) is 10.0 Å². The zero-order chi connectivity index (χ0) is 24.3. The van der Waals surface area contributed by atoms with E-state index >= 15 is 0 Å². The van der Waals surface area contributed by atoms with Crippen LogP contribution in [0, 0.1) is 44.7 Å². The van der Waals surface area contributed by atoms with E-state index in [9.17, 15) is 18.5 Å². The van der Waals surface area contributed by atoms with Gasteiger partial charge in [-0.1, -0.05) is 35.4 Å². The lowest BCUT2D eigenvalue weighted by Crippen LogP contribution is -2.16. The third-order valence-electron chi connectivity index (χ3n) is 5.21. The van der Waals surface area contributed by atoms with Gasteiger partial charge in [-0.3, -0.25) is 20.3 Å². The van der Waals surface area contributed by atoms with Crippen molar-refractivity contribution in [1.82, 2.24) is 0 Å². The first kappa shape index (κ1) is 23.9. The molecule has 0 radical (unpaired) electrons. The van der Waals surface area contributed by atoms with Gasteiger partial charge in [-0.25, -0.2) is 8.42 Å². The molecular weight excluding hydrogens is 440 g/mol. The molecule has 3 aromatic rings. The molecule has 172 valence electrons. The quantitative estimate of drug-likeness (QED) is 0.275. The number of nitro benzene ring substituents is 1. The summed E-state index contributed by atoms with van der Waals surface area (Å²) < 4.78 is 28.9. The van der Waals surface area contributed by atoms with E-state index in [1.165, 1.54) is 12.1 Å². The summed E-state index contributed by atoms with van der Waals surface area (Å²) in [7, 11) is -4.14. The van der Waals surface area contributed by atoms with Gasteiger partial charge in [0.25, 0.3) is 15.7 Å². The smallest absolute Gasteiger partial charge is 0.270 e. The number of rotatable bonds is 7. The second-order valence-electron chi connectivity index (χ2n) is 8.04. The Balaban J connectivity index is 1.99. The molecule has 0 bridgehead atoms. The number of non-ortho nitro benzene ring substituents is 1. The van der Waals surface area contributed by atoms with E-state index in [0.29, 0.717) is 5.69 Å². The predicted octanol–water partition coefficient (Wildman–Crippen LogP) is 5.38. The van der Waals surface area contributed by atoms with Crippen LogP contribution in [-0.4, -0.2) is 19.6 Å². The molecule has 0 aromatic heterocycles. The number of hydrazone groups is 1. The molecule has 9 heteroatoms. The lowest BCUT2D eigenvalue weighted by atomic mass is 10.0. The second kappa shape index (κ2) is 9.41. The maximum absolute atomic E-state index is 13.2. The van der Waals surface area contributed by atoms with E-state index < -0.39 is 14.9 Å². The molecule has 0 amide bonds. The largest absolute Gasteiger partial charge is 0.279 e. The fraction of sp³-hybridized carbons (Fsp3) is 0.208. The van der Waals surface area contributed by atoms with Crippen LogP contribution in [0.15, 0.2) is 58.5 Å². The maximum atomic E-state index is 13.2. The first-order chi connectivity index (χ1) is 15.5. The van der Waals surface area contributed by atoms with Crippen LogP contribution in [0.3, 0.4) is 0 Å². The molecule has 0 aliphatic heterocycles. The van der Waals surface area contributed by atoms with Gasteiger partial charge in [-0.05, 0) is 63.4 Å². The van der Waals surface area contributed by atoms with E-state index in [0.717, 1.165) is 39.4 Å². The van der Waals surface area contributed by atoms with E-state index in [2.05, 4.69) is 15.2 Å². The van der Waals surface area contributed by atoms with Crippen molar-refractivity contribution < 1.29 is 13.3 Å². The summed E-state index contributed by atoms with van der Waals surface area (Å²) >= 11 is 0. The van der Waals surface area contributed by atoms with Gasteiger partial charge < -0.3 is 0 Å². The van der Waals surface area contributed by atoms with Gasteiger partial charge in [0.2, 0.25) is 0 Å². The summed E-state index contributed by atoms with van der Waals surface area (Å²) in [6, 6.07) is 12.9. The number of anilines is 2. The Kier molecular flexibility index (Phi) is 6.83. The SMILES string of the molecule is Cc1ccc(NS(=O)(=O)c2cc([N+](=O)[O-])ccc2NN=Cc2c(C)cc(C)cc2C)c(C)c1. The van der Waals surface area contributed by atoms with Gasteiger partial charge >= 0.3 is 0 Å². The molecule has 3 rings (SSSR count). The van der Waals surface area contributed by atoms with E-state index in [4.69, 9.17) is 0 Å². The maximum Gasteiger partial charge on any atom is 0.270 e. The van der Waals surface area contributed by atoms with E-state index in [1.54, 1.807) is 25.3 Å². The molecular formula is C24H26N4O4S. The van der Waals surface area contributed by atoms with Gasteiger partial charge in [0.05, 0.1) is 22.5 Å². The molecule has 0 unspecified atom stereocenters. The zero-order valence-corrected chi connectivity index (χ0v) is 19.9. The van der Waals surface area contributed by atoms with Crippen molar-refractivity contribution in [3.8, 4) is 0 Å². The highest BCUT2D eigenvalue weighted by Crippen LogP contribution is 2.29. The summed E-state index contributed by atoms with van der Waals surface area (Å²) in [5, 5.41) is 15.5. The molecule has 0 atom stereocenters. The van der Waals surface area contributed by atoms with Gasteiger partial charge in [-0.15, -0.1) is 0 Å². The van der Waals surface area contributed by atoms with Gasteiger partial charge in [0.15, 0.2) is 0 Å². The average molecular weight is 467 g/mol. The highest BCUT2D eigenvalue weighted by molar-refractivity contribution is 7.92. The van der Waals surface area contributed by atoms with Crippen LogP contribution < -0.4 is 10.1 Å². The number of sulfonamides is 1. The number of hydrogen-bond donors (Lipinski definition) is 2. The molecule has 8 nitrogen and oxygen atoms in total. The van der Waals surface area contributed by atoms with Crippen LogP contribution in [0.5, 0.6) is 0 Å². The molecule has 0 aliphatic rings. The minimum absolute atomic E-state index is 0.122. The van der Waals surface area contributed by atoms with E-state index in [1.807, 2.05) is 45.9 Å². The third-order valence-corrected chi connectivity index (χ3v) is 6.61. The molecule has 2 N–H and O–H groups in total. The van der Waals surface area contributed by atoms with Crippen LogP contribution in [0.2, 0.25) is 0 Å². The summed E-state index contributed by atoms with van der Waals surface area (Å²) in [6.07, 6.45) is 1.61. The summed E-state index contributed by atoms with van der Waals surface area (Å²) in [5.41, 5.74) is 8.76. The van der Waals surface area contributed by atoms with Crippen molar-refractivity contribution in [3.63, 3.8) is 0 Å². The number of nitro groups is 1. The number of nitrogens with one attached hydrogen (secondary N) is 2. The minimum Gasteiger partial charge on any atom is -0.279 e. The fourth-order valence-corrected chi connectivity index (χ4v) is 4.94. The lowest BCUT2D eigenvalue weighted by Gasteiger charge is -2.14. The van der Waals surface area contributed by atoms with Crippen molar-refractivity contribution in [1.29, 1.82) is 0 Å². The van der Waals surface area contributed by atoms with Crippen LogP contribution in [0.25, 0.3) is 0 Å². The van der Waals surface area contributed by atoms with Crippen molar-refractivity contribution in [2.24, 2.45) is 5.10 Å². The van der Waals surface area contributed by atoms with Crippen LogP contribution in [0.1, 0.15) is 33.4 Å². The van der Waals surface area contributed by atoms with Gasteiger partial charge in [0.1, 0.15) is 4.90 Å². The molecule has 33 heavy (non-hydrogen) atoms. The standard InChI is InChI=1S/C24H26N4O4S/c1-15-6-8-22(19(5)10-15)27-33(31,32)24-13-20(28(29)30)7-9-23(24)26-25-14-21-17(3)11-16(2)12-18(21)4/h6-14,26-27H,1-5H3. The van der Waals surface area contributed by atoms with Crippen LogP contribution >= 0.6 is 0 Å². The molecule has 0 saturated carbocycles. The highest BCUT2D eigenvalue weighted by Gasteiger charge is 2.23. The lowest BCUT2D eigenvalue weighted by molar-refractivity contribution is -0.385. The minimum atomic E-state index is -4.14. The molecule has 0 spiro atoms. The molecule has 0 aliphatic carbocycles. The Morgan fingerprint density at radius 2 is 1.45 bits per heavy atom. The second-order valence-corrected chi connectivity index (χ2v) is 9.69. The monoisotopic (exact) mass is 466 g/mol. The molecule has 3 aromatic carbocycles. The molecule has 0 saturated heterocycles. The summed E-state index contributed by atoms with van der Waals surface area (Å²) in [5.74, 6) is 0. The van der Waals surface area contributed by atoms with Crippen molar-refractivity contribution >= 4 is 33.3 Å². The Bertz CT molecular complexity index is 1340. The summed E-state index contributed by atoms with van der Waals surface area (Å²) in [4.78, 5) is 10.4. The number of benzene rings is 3. The fourth-order valence-electron chi connectivity index (χ4n) is 3.63. The molecule has 0 fully saturated rings. The summed E-state index contributed by atoms with van der Waals surface area (Å²) in [6.45, 7) is 9.64. The van der Waals surface area contributed by atoms with Crippen molar-refractivity contribution in [3.05, 3.63) is 92.0 Å². The van der Waals surface area contributed by atoms with Crippen molar-refractivity contribution in [2.75, 3.05) is 10.1 Å². The topological polar surface area (TPSA) is 114 Å². The normalized spacial score (nSPS) is 11.5. The zero-order valence-electron chi connectivity index (χ0n) is 19.1. The van der Waals surface area contributed by atoms with Crippen LogP contribution in [0.4, 0.5) is 17.1 Å². The Labute approximate surface area is 193 Å². The highest BCUT2D eigenvalue weighted by atomic mass is 32.2. The number of hydrogen-bond acceptors (Lipinski definition) is 6. The Morgan fingerprint density at radius 3 is 2.06 bits per heavy atom. The predicted molar refractivity (Wildman–Crippen MR) is 132 cm³/mol. The Morgan fingerprint density at radius 1 is 0.848 bits per heavy atom. The number of aryl methyl sites for hydroxylation is 5. The molecule has 0 heterocycles. The first-order valence-electron chi connectivity index (χ1n) is 10.2. The van der Waals surface area contributed by atoms with Gasteiger partial charge in [-0.2, -0.15) is 5.10 Å². The van der Waals surface area contributed by atoms with E-state index in [-0.39, 0.29) is 16.3 Å². The third kappa shape index (κ3) is 5.56. The Hall–Kier alpha value is -3.72. The first-order valence-corrected chi connectivity index (χ1v) is 11.7. The number of nitrogens with zero attached hydrogens (tertiary/aromatic N) is 2. The van der Waals surface area contributed by atoms with Crippen molar-refractivity contribution in [2.45, 2.75) is 39.5 Å².